The molecule has 0 bridgehead atoms. The van der Waals surface area contributed by atoms with Crippen LogP contribution in [0.25, 0.3) is 0 Å². The summed E-state index contributed by atoms with van der Waals surface area (Å²) in [6.45, 7) is 0.173. The quantitative estimate of drug-likeness (QED) is 0.460. The largest absolute Gasteiger partial charge is 0.395 e. The maximum absolute atomic E-state index is 8.76. The first kappa shape index (κ1) is 6.84. The number of hydrogen-bond acceptors (Lipinski definition) is 2. The summed E-state index contributed by atoms with van der Waals surface area (Å²) in [4.78, 5) is 0. The molecule has 1 fully saturated rings. The molecule has 0 atom stereocenters. The highest BCUT2D eigenvalue weighted by molar-refractivity contribution is 6.17. The third-order valence-corrected chi connectivity index (χ3v) is 2.04. The number of rotatable bonds is 2. The first-order valence-electron chi connectivity index (χ1n) is 3.16. The van der Waals surface area contributed by atoms with Crippen molar-refractivity contribution in [3.63, 3.8) is 0 Å². The van der Waals surface area contributed by atoms with E-state index in [9.17, 15) is 0 Å². The van der Waals surface area contributed by atoms with Crippen molar-refractivity contribution < 1.29 is 10.2 Å². The number of hydrogen-bond donors (Lipinski definition) is 2. The molecule has 0 spiro atoms. The average molecular weight is 126 g/mol. The molecule has 1 aliphatic rings. The Labute approximate surface area is 55.6 Å². The van der Waals surface area contributed by atoms with Crippen LogP contribution in [0.3, 0.4) is 0 Å². The fourth-order valence-electron chi connectivity index (χ4n) is 1.09. The van der Waals surface area contributed by atoms with E-state index in [1.807, 2.05) is 13.8 Å². The molecule has 9 heavy (non-hydrogen) atoms. The molecule has 0 unspecified atom stereocenters. The minimum absolute atomic E-state index is 0.0865. The highest BCUT2D eigenvalue weighted by Gasteiger charge is 2.46. The van der Waals surface area contributed by atoms with Crippen LogP contribution < -0.4 is 0 Å². The van der Waals surface area contributed by atoms with Gasteiger partial charge in [0.25, 0.3) is 0 Å². The van der Waals surface area contributed by atoms with Crippen LogP contribution in [0.15, 0.2) is 11.5 Å². The normalized spacial score (nSPS) is 26.7. The van der Waals surface area contributed by atoms with Crippen LogP contribution in [-0.2, 0) is 0 Å². The molecular formula is C6H11BO2. The molecule has 3 heteroatoms. The van der Waals surface area contributed by atoms with Crippen molar-refractivity contribution in [2.24, 2.45) is 5.41 Å². The van der Waals surface area contributed by atoms with Gasteiger partial charge in [-0.25, -0.2) is 0 Å². The van der Waals surface area contributed by atoms with Crippen LogP contribution >= 0.6 is 0 Å². The minimum atomic E-state index is -0.227. The summed E-state index contributed by atoms with van der Waals surface area (Å²) in [7, 11) is 1.93. The van der Waals surface area contributed by atoms with E-state index in [2.05, 4.69) is 0 Å². The molecule has 0 aromatic rings. The van der Waals surface area contributed by atoms with Crippen molar-refractivity contribution in [2.75, 3.05) is 13.2 Å². The lowest BCUT2D eigenvalue weighted by Gasteiger charge is -2.03. The third-order valence-electron chi connectivity index (χ3n) is 2.04. The van der Waals surface area contributed by atoms with Gasteiger partial charge in [-0.05, 0) is 6.42 Å². The number of aliphatic hydroxyl groups excluding tert-OH is 2. The smallest absolute Gasteiger partial charge is 0.129 e. The first-order chi connectivity index (χ1) is 4.29. The highest BCUT2D eigenvalue weighted by atomic mass is 16.3. The number of aliphatic hydroxyl groups is 2. The standard InChI is InChI=1S/C6H11BO2/c7-2-5-1-6(5,3-8)4-9/h2,8-9H,1,3-4,7H2/b5-2+. The Morgan fingerprint density at radius 1 is 1.56 bits per heavy atom. The van der Waals surface area contributed by atoms with Crippen LogP contribution in [0.5, 0.6) is 0 Å². The van der Waals surface area contributed by atoms with E-state index >= 15 is 0 Å². The van der Waals surface area contributed by atoms with Gasteiger partial charge in [-0.3, -0.25) is 0 Å². The van der Waals surface area contributed by atoms with Gasteiger partial charge in [-0.1, -0.05) is 5.57 Å². The van der Waals surface area contributed by atoms with Crippen molar-refractivity contribution in [1.82, 2.24) is 0 Å². The summed E-state index contributed by atoms with van der Waals surface area (Å²) in [5.74, 6) is 1.96. The lowest BCUT2D eigenvalue weighted by Crippen LogP contribution is -2.11. The molecule has 1 aliphatic carbocycles. The summed E-state index contributed by atoms with van der Waals surface area (Å²) < 4.78 is 0. The molecule has 1 rings (SSSR count). The van der Waals surface area contributed by atoms with Gasteiger partial charge >= 0.3 is 0 Å². The van der Waals surface area contributed by atoms with Crippen LogP contribution in [0.2, 0.25) is 0 Å². The second-order valence-corrected chi connectivity index (χ2v) is 2.59. The molecule has 0 saturated heterocycles. The Morgan fingerprint density at radius 3 is 2.22 bits per heavy atom. The van der Waals surface area contributed by atoms with Crippen LogP contribution in [0, 0.1) is 5.41 Å². The molecule has 50 valence electrons. The van der Waals surface area contributed by atoms with Gasteiger partial charge in [0.1, 0.15) is 7.85 Å². The third kappa shape index (κ3) is 0.905. The van der Waals surface area contributed by atoms with E-state index < -0.39 is 0 Å². The zero-order valence-corrected chi connectivity index (χ0v) is 5.59. The SMILES string of the molecule is B/C=C1\CC1(CO)CO. The maximum atomic E-state index is 8.76. The van der Waals surface area contributed by atoms with Gasteiger partial charge < -0.3 is 10.2 Å². The van der Waals surface area contributed by atoms with Crippen molar-refractivity contribution in [1.29, 1.82) is 0 Å². The van der Waals surface area contributed by atoms with Crippen LogP contribution in [0.1, 0.15) is 6.42 Å². The maximum Gasteiger partial charge on any atom is 0.129 e. The Morgan fingerprint density at radius 2 is 2.11 bits per heavy atom. The van der Waals surface area contributed by atoms with E-state index in [0.717, 1.165) is 6.42 Å². The summed E-state index contributed by atoms with van der Waals surface area (Å²) in [6, 6.07) is 0. The van der Waals surface area contributed by atoms with Gasteiger partial charge in [0.2, 0.25) is 0 Å². The fraction of sp³-hybridized carbons (Fsp3) is 0.667. The average Bonchev–Trinajstić information content (AvgIpc) is 2.63. The lowest BCUT2D eigenvalue weighted by molar-refractivity contribution is 0.143. The zero-order valence-electron chi connectivity index (χ0n) is 5.59. The lowest BCUT2D eigenvalue weighted by atomic mass is 10.0. The predicted octanol–water partition coefficient (Wildman–Crippen LogP) is -1.12. The van der Waals surface area contributed by atoms with Crippen molar-refractivity contribution in [3.8, 4) is 0 Å². The zero-order chi connectivity index (χ0) is 6.91. The van der Waals surface area contributed by atoms with Crippen molar-refractivity contribution in [2.45, 2.75) is 6.42 Å². The van der Waals surface area contributed by atoms with E-state index in [1.165, 1.54) is 5.57 Å². The second-order valence-electron chi connectivity index (χ2n) is 2.59. The van der Waals surface area contributed by atoms with Crippen LogP contribution in [-0.4, -0.2) is 31.3 Å². The van der Waals surface area contributed by atoms with Gasteiger partial charge in [-0.2, -0.15) is 0 Å². The molecule has 0 amide bonds. The van der Waals surface area contributed by atoms with Crippen molar-refractivity contribution >= 4 is 7.85 Å². The van der Waals surface area contributed by atoms with Gasteiger partial charge in [0.05, 0.1) is 13.2 Å². The predicted molar refractivity (Wildman–Crippen MR) is 37.8 cm³/mol. The molecule has 1 saturated carbocycles. The van der Waals surface area contributed by atoms with E-state index in [1.54, 1.807) is 0 Å². The molecule has 0 aromatic heterocycles. The first-order valence-corrected chi connectivity index (χ1v) is 3.16. The Hall–Kier alpha value is -0.275. The van der Waals surface area contributed by atoms with Gasteiger partial charge in [-0.15, -0.1) is 5.98 Å². The van der Waals surface area contributed by atoms with E-state index in [-0.39, 0.29) is 18.6 Å². The van der Waals surface area contributed by atoms with E-state index in [4.69, 9.17) is 10.2 Å². The van der Waals surface area contributed by atoms with E-state index in [0.29, 0.717) is 0 Å². The summed E-state index contributed by atoms with van der Waals surface area (Å²) in [5.41, 5.74) is 0.960. The minimum Gasteiger partial charge on any atom is -0.395 e. The topological polar surface area (TPSA) is 40.5 Å². The highest BCUT2D eigenvalue weighted by Crippen LogP contribution is 2.50. The molecule has 0 aliphatic heterocycles. The summed E-state index contributed by atoms with van der Waals surface area (Å²) in [6.07, 6.45) is 0.872. The molecule has 2 nitrogen and oxygen atoms in total. The molecule has 0 radical (unpaired) electrons. The van der Waals surface area contributed by atoms with Gasteiger partial charge in [0.15, 0.2) is 0 Å². The molecular weight excluding hydrogens is 115 g/mol. The molecule has 0 aromatic carbocycles. The molecule has 2 N–H and O–H groups in total. The Bertz CT molecular complexity index is 138. The fourth-order valence-corrected chi connectivity index (χ4v) is 1.09. The second kappa shape index (κ2) is 2.16. The Kier molecular flexibility index (Phi) is 1.64. The summed E-state index contributed by atoms with van der Waals surface area (Å²) in [5, 5.41) is 17.5. The molecule has 0 heterocycles. The van der Waals surface area contributed by atoms with Crippen molar-refractivity contribution in [3.05, 3.63) is 11.5 Å². The summed E-state index contributed by atoms with van der Waals surface area (Å²) >= 11 is 0. The van der Waals surface area contributed by atoms with Gasteiger partial charge in [0, 0.05) is 5.41 Å². The Balaban J connectivity index is 2.57. The van der Waals surface area contributed by atoms with Crippen LogP contribution in [0.4, 0.5) is 0 Å². The monoisotopic (exact) mass is 126 g/mol.